The molecular formula is C17H21N3O2. The zero-order chi connectivity index (χ0) is 15.6. The third-order valence-corrected chi connectivity index (χ3v) is 4.01. The lowest BCUT2D eigenvalue weighted by atomic mass is 10.1. The Morgan fingerprint density at radius 1 is 1.27 bits per heavy atom. The molecule has 0 radical (unpaired) electrons. The van der Waals surface area contributed by atoms with Gasteiger partial charge in [-0.05, 0) is 38.0 Å². The smallest absolute Gasteiger partial charge is 0.132 e. The van der Waals surface area contributed by atoms with Crippen LogP contribution in [-0.2, 0) is 0 Å². The quantitative estimate of drug-likeness (QED) is 0.937. The number of benzene rings is 1. The maximum absolute atomic E-state index is 10.7. The first-order valence-corrected chi connectivity index (χ1v) is 7.51. The van der Waals surface area contributed by atoms with Crippen molar-refractivity contribution < 1.29 is 9.84 Å². The lowest BCUT2D eigenvalue weighted by Crippen LogP contribution is -2.39. The Kier molecular flexibility index (Phi) is 3.98. The van der Waals surface area contributed by atoms with E-state index < -0.39 is 5.60 Å². The summed E-state index contributed by atoms with van der Waals surface area (Å²) in [6, 6.07) is 9.73. The van der Waals surface area contributed by atoms with Crippen LogP contribution < -0.4 is 9.64 Å². The second-order valence-electron chi connectivity index (χ2n) is 5.91. The molecule has 22 heavy (non-hydrogen) atoms. The Morgan fingerprint density at radius 3 is 2.86 bits per heavy atom. The number of β-amino-alcohol motifs (C(OH)–C–C–N with tert-alkyl or cyclic N) is 1. The van der Waals surface area contributed by atoms with Crippen molar-refractivity contribution in [2.24, 2.45) is 0 Å². The summed E-state index contributed by atoms with van der Waals surface area (Å²) in [5.74, 6) is 2.43. The maximum atomic E-state index is 10.7. The van der Waals surface area contributed by atoms with Crippen molar-refractivity contribution >= 4 is 5.82 Å². The number of aryl methyl sites for hydroxylation is 2. The van der Waals surface area contributed by atoms with Crippen molar-refractivity contribution in [1.29, 1.82) is 0 Å². The number of nitrogens with zero attached hydrogens (tertiary/aromatic N) is 3. The van der Waals surface area contributed by atoms with Crippen molar-refractivity contribution in [3.63, 3.8) is 0 Å². The van der Waals surface area contributed by atoms with Crippen molar-refractivity contribution in [2.75, 3.05) is 24.6 Å². The van der Waals surface area contributed by atoms with Crippen molar-refractivity contribution in [3.05, 3.63) is 47.9 Å². The molecule has 1 aliphatic heterocycles. The average molecular weight is 299 g/mol. The van der Waals surface area contributed by atoms with Crippen LogP contribution in [0.2, 0.25) is 0 Å². The standard InChI is InChI=1S/C17H21N3O2/c1-13-5-3-4-6-15(13)22-12-17(21)8-10-20(11-17)16-7-9-18-14(2)19-16/h3-7,9,21H,8,10-12H2,1-2H3. The van der Waals surface area contributed by atoms with Gasteiger partial charge in [0.05, 0.1) is 6.54 Å². The molecule has 0 saturated carbocycles. The summed E-state index contributed by atoms with van der Waals surface area (Å²) in [4.78, 5) is 10.6. The molecule has 0 amide bonds. The van der Waals surface area contributed by atoms with Crippen LogP contribution in [0.25, 0.3) is 0 Å². The van der Waals surface area contributed by atoms with E-state index in [1.165, 1.54) is 0 Å². The second-order valence-corrected chi connectivity index (χ2v) is 5.91. The van der Waals surface area contributed by atoms with Crippen LogP contribution in [0.1, 0.15) is 17.8 Å². The predicted octanol–water partition coefficient (Wildman–Crippen LogP) is 2.11. The normalized spacial score (nSPS) is 21.1. The second kappa shape index (κ2) is 5.93. The van der Waals surface area contributed by atoms with Gasteiger partial charge in [-0.25, -0.2) is 9.97 Å². The summed E-state index contributed by atoms with van der Waals surface area (Å²) < 4.78 is 5.82. The summed E-state index contributed by atoms with van der Waals surface area (Å²) >= 11 is 0. The molecule has 1 atom stereocenters. The molecule has 2 heterocycles. The van der Waals surface area contributed by atoms with E-state index in [0.29, 0.717) is 19.6 Å². The number of hydrogen-bond donors (Lipinski definition) is 1. The van der Waals surface area contributed by atoms with Crippen molar-refractivity contribution in [1.82, 2.24) is 9.97 Å². The number of para-hydroxylation sites is 1. The Balaban J connectivity index is 1.64. The Morgan fingerprint density at radius 2 is 2.09 bits per heavy atom. The van der Waals surface area contributed by atoms with Gasteiger partial charge in [0.1, 0.15) is 29.6 Å². The minimum atomic E-state index is -0.846. The zero-order valence-corrected chi connectivity index (χ0v) is 13.0. The third-order valence-electron chi connectivity index (χ3n) is 4.01. The van der Waals surface area contributed by atoms with Crippen LogP contribution in [-0.4, -0.2) is 40.4 Å². The first kappa shape index (κ1) is 14.8. The molecule has 1 aromatic heterocycles. The van der Waals surface area contributed by atoms with Gasteiger partial charge in [-0.2, -0.15) is 0 Å². The lowest BCUT2D eigenvalue weighted by molar-refractivity contribution is 0.0142. The lowest BCUT2D eigenvalue weighted by Gasteiger charge is -2.24. The molecule has 3 rings (SSSR count). The van der Waals surface area contributed by atoms with Crippen LogP contribution in [0.3, 0.4) is 0 Å². The third kappa shape index (κ3) is 3.20. The number of aliphatic hydroxyl groups is 1. The monoisotopic (exact) mass is 299 g/mol. The minimum Gasteiger partial charge on any atom is -0.490 e. The van der Waals surface area contributed by atoms with Gasteiger partial charge in [-0.3, -0.25) is 0 Å². The topological polar surface area (TPSA) is 58.5 Å². The molecule has 1 unspecified atom stereocenters. The highest BCUT2D eigenvalue weighted by atomic mass is 16.5. The van der Waals surface area contributed by atoms with E-state index in [2.05, 4.69) is 14.9 Å². The number of hydrogen-bond acceptors (Lipinski definition) is 5. The van der Waals surface area contributed by atoms with Crippen LogP contribution in [0, 0.1) is 13.8 Å². The molecular weight excluding hydrogens is 278 g/mol. The van der Waals surface area contributed by atoms with Crippen LogP contribution in [0.15, 0.2) is 36.5 Å². The van der Waals surface area contributed by atoms with Gasteiger partial charge in [-0.15, -0.1) is 0 Å². The highest BCUT2D eigenvalue weighted by Crippen LogP contribution is 2.27. The number of rotatable bonds is 4. The number of ether oxygens (including phenoxy) is 1. The number of anilines is 1. The molecule has 2 aromatic rings. The van der Waals surface area contributed by atoms with E-state index in [-0.39, 0.29) is 0 Å². The molecule has 1 saturated heterocycles. The van der Waals surface area contributed by atoms with Crippen LogP contribution in [0.5, 0.6) is 5.75 Å². The average Bonchev–Trinajstić information content (AvgIpc) is 2.90. The molecule has 0 spiro atoms. The summed E-state index contributed by atoms with van der Waals surface area (Å²) in [6.07, 6.45) is 2.42. The molecule has 0 aliphatic carbocycles. The summed E-state index contributed by atoms with van der Waals surface area (Å²) in [5, 5.41) is 10.7. The van der Waals surface area contributed by atoms with Crippen molar-refractivity contribution in [3.8, 4) is 5.75 Å². The first-order chi connectivity index (χ1) is 10.6. The van der Waals surface area contributed by atoms with E-state index in [1.807, 2.05) is 44.2 Å². The van der Waals surface area contributed by atoms with E-state index >= 15 is 0 Å². The molecule has 5 nitrogen and oxygen atoms in total. The summed E-state index contributed by atoms with van der Waals surface area (Å²) in [7, 11) is 0. The van der Waals surface area contributed by atoms with E-state index in [9.17, 15) is 5.11 Å². The maximum Gasteiger partial charge on any atom is 0.132 e. The van der Waals surface area contributed by atoms with E-state index in [4.69, 9.17) is 4.74 Å². The number of aromatic nitrogens is 2. The fraction of sp³-hybridized carbons (Fsp3) is 0.412. The SMILES string of the molecule is Cc1nccc(N2CCC(O)(COc3ccccc3C)C2)n1. The Hall–Kier alpha value is -2.14. The van der Waals surface area contributed by atoms with Gasteiger partial charge >= 0.3 is 0 Å². The largest absolute Gasteiger partial charge is 0.490 e. The van der Waals surface area contributed by atoms with Crippen LogP contribution >= 0.6 is 0 Å². The highest BCUT2D eigenvalue weighted by molar-refractivity contribution is 5.40. The molecule has 5 heteroatoms. The molecule has 0 bridgehead atoms. The fourth-order valence-electron chi connectivity index (χ4n) is 2.72. The Bertz CT molecular complexity index is 662. The van der Waals surface area contributed by atoms with E-state index in [0.717, 1.165) is 29.5 Å². The zero-order valence-electron chi connectivity index (χ0n) is 13.0. The van der Waals surface area contributed by atoms with Gasteiger partial charge in [0.25, 0.3) is 0 Å². The van der Waals surface area contributed by atoms with Gasteiger partial charge in [0.15, 0.2) is 0 Å². The summed E-state index contributed by atoms with van der Waals surface area (Å²) in [5.41, 5.74) is 0.230. The van der Waals surface area contributed by atoms with Gasteiger partial charge < -0.3 is 14.7 Å². The van der Waals surface area contributed by atoms with Gasteiger partial charge in [-0.1, -0.05) is 18.2 Å². The highest BCUT2D eigenvalue weighted by Gasteiger charge is 2.37. The van der Waals surface area contributed by atoms with Gasteiger partial charge in [0.2, 0.25) is 0 Å². The molecule has 1 fully saturated rings. The fourth-order valence-corrected chi connectivity index (χ4v) is 2.72. The first-order valence-electron chi connectivity index (χ1n) is 7.51. The molecule has 1 N–H and O–H groups in total. The van der Waals surface area contributed by atoms with E-state index in [1.54, 1.807) is 6.20 Å². The van der Waals surface area contributed by atoms with Crippen LogP contribution in [0.4, 0.5) is 5.82 Å². The summed E-state index contributed by atoms with van der Waals surface area (Å²) in [6.45, 7) is 5.45. The molecule has 1 aliphatic rings. The van der Waals surface area contributed by atoms with Gasteiger partial charge in [0, 0.05) is 12.7 Å². The van der Waals surface area contributed by atoms with Crippen molar-refractivity contribution in [2.45, 2.75) is 25.9 Å². The predicted molar refractivity (Wildman–Crippen MR) is 85.2 cm³/mol. The molecule has 1 aromatic carbocycles. The molecule has 116 valence electrons. The Labute approximate surface area is 130 Å². The minimum absolute atomic E-state index is 0.290.